The molecule has 30 heavy (non-hydrogen) atoms. The standard InChI is InChI=1S/C21H32N2O.C2H2O4/c1-21(22,17-24)16-15-20-14-13-19(23(20)2)12-8-4-7-11-18-9-5-3-6-10-18;3-1(4)2(5)6/h3,5-6,9-10,13-14,24H,4,7-8,11-12,15-17,22H2,1-2H3;(H,3,4)(H,5,6)/t21-;/m1./s1. The van der Waals surface area contributed by atoms with Crippen LogP contribution in [0.1, 0.15) is 49.6 Å². The Balaban J connectivity index is 0.000000656. The van der Waals surface area contributed by atoms with Gasteiger partial charge in [-0.3, -0.25) is 0 Å². The number of rotatable bonds is 10. The molecule has 1 aromatic heterocycles. The van der Waals surface area contributed by atoms with Crippen LogP contribution in [0.15, 0.2) is 42.5 Å². The van der Waals surface area contributed by atoms with Crippen LogP contribution < -0.4 is 5.73 Å². The van der Waals surface area contributed by atoms with Gasteiger partial charge in [-0.15, -0.1) is 0 Å². The molecule has 0 aliphatic rings. The Labute approximate surface area is 178 Å². The van der Waals surface area contributed by atoms with E-state index in [4.69, 9.17) is 25.5 Å². The van der Waals surface area contributed by atoms with Gasteiger partial charge in [0.15, 0.2) is 0 Å². The number of unbranched alkanes of at least 4 members (excludes halogenated alkanes) is 2. The molecule has 7 nitrogen and oxygen atoms in total. The van der Waals surface area contributed by atoms with Gasteiger partial charge in [-0.05, 0) is 63.1 Å². The van der Waals surface area contributed by atoms with E-state index in [1.54, 1.807) is 0 Å². The number of hydrogen-bond acceptors (Lipinski definition) is 4. The number of aryl methyl sites for hydroxylation is 3. The molecule has 0 saturated carbocycles. The third-order valence-corrected chi connectivity index (χ3v) is 5.07. The van der Waals surface area contributed by atoms with E-state index in [0.717, 1.165) is 19.3 Å². The monoisotopic (exact) mass is 418 g/mol. The molecule has 0 fully saturated rings. The zero-order valence-electron chi connectivity index (χ0n) is 17.9. The summed E-state index contributed by atoms with van der Waals surface area (Å²) in [5, 5.41) is 24.0. The molecule has 1 aromatic carbocycles. The Morgan fingerprint density at radius 1 is 0.900 bits per heavy atom. The van der Waals surface area contributed by atoms with Gasteiger partial charge in [-0.25, -0.2) is 9.59 Å². The summed E-state index contributed by atoms with van der Waals surface area (Å²) >= 11 is 0. The van der Waals surface area contributed by atoms with Gasteiger partial charge in [0, 0.05) is 24.0 Å². The van der Waals surface area contributed by atoms with E-state index < -0.39 is 17.5 Å². The maximum absolute atomic E-state index is 9.26. The van der Waals surface area contributed by atoms with Crippen molar-refractivity contribution in [1.82, 2.24) is 4.57 Å². The molecule has 1 heterocycles. The molecule has 0 saturated heterocycles. The number of aliphatic hydroxyl groups is 1. The van der Waals surface area contributed by atoms with Crippen LogP contribution in [0.4, 0.5) is 0 Å². The SMILES string of the molecule is Cn1c(CCCCCc2ccccc2)ccc1CC[C@@](C)(N)CO.O=C(O)C(=O)O. The van der Waals surface area contributed by atoms with Crippen molar-refractivity contribution in [2.24, 2.45) is 12.8 Å². The molecular weight excluding hydrogens is 384 g/mol. The Bertz CT molecular complexity index is 772. The Hall–Kier alpha value is -2.64. The molecule has 5 N–H and O–H groups in total. The van der Waals surface area contributed by atoms with Crippen molar-refractivity contribution in [2.45, 2.75) is 57.4 Å². The molecule has 2 rings (SSSR count). The molecule has 2 aromatic rings. The van der Waals surface area contributed by atoms with Gasteiger partial charge in [0.25, 0.3) is 0 Å². The summed E-state index contributed by atoms with van der Waals surface area (Å²) in [6.45, 7) is 1.94. The van der Waals surface area contributed by atoms with Gasteiger partial charge in [-0.2, -0.15) is 0 Å². The molecular formula is C23H34N2O5. The first kappa shape index (κ1) is 25.4. The quantitative estimate of drug-likeness (QED) is 0.347. The van der Waals surface area contributed by atoms with Crippen LogP contribution in [-0.2, 0) is 35.9 Å². The van der Waals surface area contributed by atoms with Crippen molar-refractivity contribution in [3.63, 3.8) is 0 Å². The van der Waals surface area contributed by atoms with E-state index in [-0.39, 0.29) is 6.61 Å². The molecule has 0 unspecified atom stereocenters. The summed E-state index contributed by atoms with van der Waals surface area (Å²) < 4.78 is 2.30. The van der Waals surface area contributed by atoms with Crippen molar-refractivity contribution >= 4 is 11.9 Å². The predicted octanol–water partition coefficient (Wildman–Crippen LogP) is 2.78. The van der Waals surface area contributed by atoms with E-state index in [9.17, 15) is 5.11 Å². The van der Waals surface area contributed by atoms with Crippen LogP contribution in [0.5, 0.6) is 0 Å². The molecule has 0 amide bonds. The topological polar surface area (TPSA) is 126 Å². The lowest BCUT2D eigenvalue weighted by molar-refractivity contribution is -0.159. The lowest BCUT2D eigenvalue weighted by Gasteiger charge is -2.21. The maximum Gasteiger partial charge on any atom is 0.414 e. The number of carboxylic acids is 2. The van der Waals surface area contributed by atoms with Gasteiger partial charge in [0.2, 0.25) is 0 Å². The molecule has 0 aliphatic carbocycles. The summed E-state index contributed by atoms with van der Waals surface area (Å²) in [4.78, 5) is 18.2. The number of carboxylic acid groups (broad SMARTS) is 2. The summed E-state index contributed by atoms with van der Waals surface area (Å²) in [5.74, 6) is -3.65. The minimum Gasteiger partial charge on any atom is -0.473 e. The minimum atomic E-state index is -1.82. The van der Waals surface area contributed by atoms with Crippen LogP contribution in [0.2, 0.25) is 0 Å². The summed E-state index contributed by atoms with van der Waals surface area (Å²) in [5.41, 5.74) is 9.68. The van der Waals surface area contributed by atoms with Crippen LogP contribution in [0.3, 0.4) is 0 Å². The van der Waals surface area contributed by atoms with Crippen molar-refractivity contribution in [3.05, 3.63) is 59.4 Å². The number of aliphatic carboxylic acids is 2. The summed E-state index contributed by atoms with van der Waals surface area (Å²) in [7, 11) is 2.14. The Kier molecular flexibility index (Phi) is 10.9. The second-order valence-corrected chi connectivity index (χ2v) is 7.84. The van der Waals surface area contributed by atoms with E-state index in [1.807, 2.05) is 6.92 Å². The van der Waals surface area contributed by atoms with E-state index in [2.05, 4.69) is 54.1 Å². The lowest BCUT2D eigenvalue weighted by atomic mass is 9.97. The van der Waals surface area contributed by atoms with Crippen LogP contribution in [0, 0.1) is 0 Å². The molecule has 0 radical (unpaired) electrons. The minimum absolute atomic E-state index is 0.0334. The normalized spacial score (nSPS) is 12.5. The van der Waals surface area contributed by atoms with E-state index >= 15 is 0 Å². The number of benzene rings is 1. The number of carbonyl (C=O) groups is 2. The number of nitrogens with zero attached hydrogens (tertiary/aromatic N) is 1. The van der Waals surface area contributed by atoms with Gasteiger partial charge in [-0.1, -0.05) is 36.8 Å². The zero-order valence-corrected chi connectivity index (χ0v) is 17.9. The third-order valence-electron chi connectivity index (χ3n) is 5.07. The largest absolute Gasteiger partial charge is 0.473 e. The number of hydrogen-bond donors (Lipinski definition) is 4. The molecule has 0 aliphatic heterocycles. The highest BCUT2D eigenvalue weighted by Crippen LogP contribution is 2.16. The zero-order chi connectivity index (χ0) is 22.6. The fourth-order valence-corrected chi connectivity index (χ4v) is 3.05. The number of aromatic nitrogens is 1. The van der Waals surface area contributed by atoms with Crippen molar-refractivity contribution in [1.29, 1.82) is 0 Å². The average molecular weight is 419 g/mol. The maximum atomic E-state index is 9.26. The molecule has 0 bridgehead atoms. The van der Waals surface area contributed by atoms with Crippen LogP contribution >= 0.6 is 0 Å². The van der Waals surface area contributed by atoms with Gasteiger partial charge < -0.3 is 25.6 Å². The first-order valence-corrected chi connectivity index (χ1v) is 10.2. The first-order valence-electron chi connectivity index (χ1n) is 10.2. The van der Waals surface area contributed by atoms with Gasteiger partial charge in [0.05, 0.1) is 6.61 Å². The van der Waals surface area contributed by atoms with Crippen molar-refractivity contribution in [2.75, 3.05) is 6.61 Å². The highest BCUT2D eigenvalue weighted by atomic mass is 16.4. The highest BCUT2D eigenvalue weighted by molar-refractivity contribution is 6.27. The number of aliphatic hydroxyl groups excluding tert-OH is 1. The Morgan fingerprint density at radius 3 is 1.97 bits per heavy atom. The van der Waals surface area contributed by atoms with Crippen LogP contribution in [0.25, 0.3) is 0 Å². The summed E-state index contributed by atoms with van der Waals surface area (Å²) in [6, 6.07) is 15.2. The van der Waals surface area contributed by atoms with Crippen LogP contribution in [-0.4, -0.2) is 44.0 Å². The molecule has 0 spiro atoms. The van der Waals surface area contributed by atoms with Crippen molar-refractivity contribution < 1.29 is 24.9 Å². The number of nitrogens with two attached hydrogens (primary N) is 1. The van der Waals surface area contributed by atoms with E-state index in [1.165, 1.54) is 42.6 Å². The van der Waals surface area contributed by atoms with Gasteiger partial charge in [0.1, 0.15) is 0 Å². The lowest BCUT2D eigenvalue weighted by Crippen LogP contribution is -2.40. The predicted molar refractivity (Wildman–Crippen MR) is 116 cm³/mol. The smallest absolute Gasteiger partial charge is 0.414 e. The molecule has 166 valence electrons. The third kappa shape index (κ3) is 9.71. The molecule has 7 heteroatoms. The summed E-state index contributed by atoms with van der Waals surface area (Å²) in [6.07, 6.45) is 7.77. The first-order chi connectivity index (χ1) is 14.2. The second kappa shape index (κ2) is 12.8. The second-order valence-electron chi connectivity index (χ2n) is 7.84. The van der Waals surface area contributed by atoms with Crippen molar-refractivity contribution in [3.8, 4) is 0 Å². The molecule has 1 atom stereocenters. The van der Waals surface area contributed by atoms with E-state index in [0.29, 0.717) is 0 Å². The highest BCUT2D eigenvalue weighted by Gasteiger charge is 2.17. The van der Waals surface area contributed by atoms with Gasteiger partial charge >= 0.3 is 11.9 Å². The Morgan fingerprint density at radius 2 is 1.43 bits per heavy atom. The fraction of sp³-hybridized carbons (Fsp3) is 0.478. The average Bonchev–Trinajstić information content (AvgIpc) is 3.07. The fourth-order valence-electron chi connectivity index (χ4n) is 3.05.